The number of rotatable bonds is 6. The number of carbonyl (C=O) groups excluding carboxylic acids is 1. The third kappa shape index (κ3) is 4.04. The van der Waals surface area contributed by atoms with Crippen LogP contribution in [0.3, 0.4) is 0 Å². The molecule has 182 valence electrons. The zero-order chi connectivity index (χ0) is 24.6. The average molecular weight is 492 g/mol. The Morgan fingerprint density at radius 2 is 1.56 bits per heavy atom. The van der Waals surface area contributed by atoms with Crippen LogP contribution < -0.4 is 11.0 Å². The summed E-state index contributed by atoms with van der Waals surface area (Å²) < 4.78 is 58.8. The van der Waals surface area contributed by atoms with Crippen LogP contribution >= 0.6 is 0 Å². The van der Waals surface area contributed by atoms with Crippen LogP contribution in [0.15, 0.2) is 40.0 Å². The zero-order valence-corrected chi connectivity index (χ0v) is 19.9. The van der Waals surface area contributed by atoms with Crippen LogP contribution in [0, 0.1) is 11.6 Å². The number of anilines is 1. The van der Waals surface area contributed by atoms with Crippen LogP contribution in [0.5, 0.6) is 0 Å². The van der Waals surface area contributed by atoms with Crippen molar-refractivity contribution < 1.29 is 22.0 Å². The Morgan fingerprint density at radius 1 is 1.00 bits per heavy atom. The van der Waals surface area contributed by atoms with Crippen molar-refractivity contribution in [2.45, 2.75) is 69.2 Å². The summed E-state index contributed by atoms with van der Waals surface area (Å²) in [5.74, 6) is -3.22. The number of aryl methyl sites for hydroxylation is 2. The van der Waals surface area contributed by atoms with Gasteiger partial charge in [-0.15, -0.1) is 0 Å². The first-order chi connectivity index (χ1) is 16.2. The minimum atomic E-state index is -3.89. The van der Waals surface area contributed by atoms with Gasteiger partial charge in [-0.1, -0.05) is 25.3 Å². The number of nitrogens with one attached hydrogen (secondary N) is 1. The van der Waals surface area contributed by atoms with Gasteiger partial charge < -0.3 is 5.32 Å². The first-order valence-electron chi connectivity index (χ1n) is 11.5. The van der Waals surface area contributed by atoms with E-state index >= 15 is 0 Å². The molecule has 0 unspecified atom stereocenters. The molecule has 7 nitrogen and oxygen atoms in total. The number of carbonyl (C=O) groups is 1. The van der Waals surface area contributed by atoms with Gasteiger partial charge in [0.1, 0.15) is 17.2 Å². The number of benzene rings is 2. The average Bonchev–Trinajstić information content (AvgIpc) is 3.08. The smallest absolute Gasteiger partial charge is 0.321 e. The summed E-state index contributed by atoms with van der Waals surface area (Å²) in [4.78, 5) is 25.6. The molecule has 4 rings (SSSR count). The van der Waals surface area contributed by atoms with E-state index in [2.05, 4.69) is 5.32 Å². The molecule has 0 radical (unpaired) electrons. The van der Waals surface area contributed by atoms with Crippen LogP contribution in [0.2, 0.25) is 0 Å². The number of nitrogens with zero attached hydrogens (tertiary/aromatic N) is 2. The van der Waals surface area contributed by atoms with E-state index in [1.165, 1.54) is 21.3 Å². The second-order valence-corrected chi connectivity index (χ2v) is 10.7. The van der Waals surface area contributed by atoms with Gasteiger partial charge in [0.2, 0.25) is 0 Å². The van der Waals surface area contributed by atoms with Crippen molar-refractivity contribution in [3.63, 3.8) is 0 Å². The SMILES string of the molecule is CCn1c(=O)n(CC)c2cc(S(=O)(=O)C3CCCCC3)c(NC(=O)c3c(F)cccc3F)cc21. The monoisotopic (exact) mass is 491 g/mol. The van der Waals surface area contributed by atoms with Gasteiger partial charge in [0.15, 0.2) is 9.84 Å². The molecule has 1 aliphatic carbocycles. The molecule has 1 aliphatic rings. The summed E-state index contributed by atoms with van der Waals surface area (Å²) in [6, 6.07) is 5.87. The highest BCUT2D eigenvalue weighted by Crippen LogP contribution is 2.35. The molecule has 1 amide bonds. The van der Waals surface area contributed by atoms with Crippen LogP contribution in [0.25, 0.3) is 11.0 Å². The summed E-state index contributed by atoms with van der Waals surface area (Å²) in [5, 5.41) is 1.79. The first-order valence-corrected chi connectivity index (χ1v) is 13.0. The van der Waals surface area contributed by atoms with Gasteiger partial charge in [-0.2, -0.15) is 0 Å². The molecule has 34 heavy (non-hydrogen) atoms. The maximum atomic E-state index is 14.2. The molecule has 1 N–H and O–H groups in total. The molecule has 10 heteroatoms. The molecular formula is C24H27F2N3O4S. The fourth-order valence-electron chi connectivity index (χ4n) is 4.74. The highest BCUT2D eigenvalue weighted by atomic mass is 32.2. The minimum absolute atomic E-state index is 0.0961. The number of amides is 1. The van der Waals surface area contributed by atoms with Crippen molar-refractivity contribution in [1.29, 1.82) is 0 Å². The summed E-state index contributed by atoms with van der Waals surface area (Å²) in [7, 11) is -3.89. The van der Waals surface area contributed by atoms with Crippen LogP contribution in [0.4, 0.5) is 14.5 Å². The third-order valence-electron chi connectivity index (χ3n) is 6.49. The Labute approximate surface area is 196 Å². The molecule has 0 saturated heterocycles. The highest BCUT2D eigenvalue weighted by Gasteiger charge is 2.33. The summed E-state index contributed by atoms with van der Waals surface area (Å²) in [6.07, 6.45) is 3.49. The van der Waals surface area contributed by atoms with Crippen LogP contribution in [-0.2, 0) is 22.9 Å². The Bertz CT molecular complexity index is 1400. The second kappa shape index (κ2) is 9.32. The van der Waals surface area contributed by atoms with E-state index in [0.29, 0.717) is 37.0 Å². The van der Waals surface area contributed by atoms with E-state index in [9.17, 15) is 26.8 Å². The lowest BCUT2D eigenvalue weighted by Crippen LogP contribution is -2.26. The second-order valence-electron chi connectivity index (χ2n) is 8.46. The predicted octanol–water partition coefficient (Wildman–Crippen LogP) is 4.48. The van der Waals surface area contributed by atoms with Gasteiger partial charge >= 0.3 is 5.69 Å². The summed E-state index contributed by atoms with van der Waals surface area (Å²) >= 11 is 0. The predicted molar refractivity (Wildman–Crippen MR) is 126 cm³/mol. The van der Waals surface area contributed by atoms with Gasteiger partial charge in [0, 0.05) is 13.1 Å². The first kappa shape index (κ1) is 24.1. The Morgan fingerprint density at radius 3 is 2.12 bits per heavy atom. The lowest BCUT2D eigenvalue weighted by Gasteiger charge is -2.23. The number of hydrogen-bond acceptors (Lipinski definition) is 4. The van der Waals surface area contributed by atoms with Gasteiger partial charge in [-0.25, -0.2) is 22.0 Å². The fourth-order valence-corrected chi connectivity index (χ4v) is 6.75. The number of fused-ring (bicyclic) bond motifs is 1. The maximum Gasteiger partial charge on any atom is 0.329 e. The van der Waals surface area contributed by atoms with Crippen molar-refractivity contribution in [3.8, 4) is 0 Å². The molecule has 1 heterocycles. The van der Waals surface area contributed by atoms with Crippen molar-refractivity contribution in [2.75, 3.05) is 5.32 Å². The Hall–Kier alpha value is -3.01. The van der Waals surface area contributed by atoms with E-state index in [0.717, 1.165) is 37.5 Å². The third-order valence-corrected chi connectivity index (χ3v) is 8.79. The Balaban J connectivity index is 1.94. The summed E-state index contributed by atoms with van der Waals surface area (Å²) in [6.45, 7) is 4.22. The van der Waals surface area contributed by atoms with E-state index < -0.39 is 38.2 Å². The molecule has 0 aliphatic heterocycles. The molecular weight excluding hydrogens is 464 g/mol. The largest absolute Gasteiger partial charge is 0.329 e. The molecule has 0 atom stereocenters. The quantitative estimate of drug-likeness (QED) is 0.551. The van der Waals surface area contributed by atoms with Crippen molar-refractivity contribution in [1.82, 2.24) is 9.13 Å². The summed E-state index contributed by atoms with van der Waals surface area (Å²) in [5.41, 5.74) is -0.339. The topological polar surface area (TPSA) is 90.2 Å². The lowest BCUT2D eigenvalue weighted by atomic mass is 10.0. The van der Waals surface area contributed by atoms with E-state index in [1.807, 2.05) is 0 Å². The van der Waals surface area contributed by atoms with E-state index in [1.54, 1.807) is 13.8 Å². The number of hydrogen-bond donors (Lipinski definition) is 1. The van der Waals surface area contributed by atoms with Crippen LogP contribution in [-0.4, -0.2) is 28.7 Å². The maximum absolute atomic E-state index is 14.2. The van der Waals surface area contributed by atoms with E-state index in [-0.39, 0.29) is 16.3 Å². The minimum Gasteiger partial charge on any atom is -0.321 e. The number of aromatic nitrogens is 2. The van der Waals surface area contributed by atoms with Gasteiger partial charge in [0.05, 0.1) is 26.9 Å². The van der Waals surface area contributed by atoms with Crippen molar-refractivity contribution in [3.05, 3.63) is 58.0 Å². The van der Waals surface area contributed by atoms with Crippen molar-refractivity contribution >= 4 is 32.5 Å². The highest BCUT2D eigenvalue weighted by molar-refractivity contribution is 7.92. The number of halogens is 2. The van der Waals surface area contributed by atoms with E-state index in [4.69, 9.17) is 0 Å². The van der Waals surface area contributed by atoms with Gasteiger partial charge in [-0.05, 0) is 51.0 Å². The molecule has 3 aromatic rings. The molecule has 1 saturated carbocycles. The fraction of sp³-hybridized carbons (Fsp3) is 0.417. The molecule has 0 spiro atoms. The molecule has 2 aromatic carbocycles. The Kier molecular flexibility index (Phi) is 6.62. The number of sulfone groups is 1. The van der Waals surface area contributed by atoms with Crippen molar-refractivity contribution in [2.24, 2.45) is 0 Å². The molecule has 0 bridgehead atoms. The van der Waals surface area contributed by atoms with Gasteiger partial charge in [0.25, 0.3) is 5.91 Å². The molecule has 1 fully saturated rings. The van der Waals surface area contributed by atoms with Crippen LogP contribution in [0.1, 0.15) is 56.3 Å². The normalized spacial score (nSPS) is 15.1. The lowest BCUT2D eigenvalue weighted by molar-refractivity contribution is 0.101. The zero-order valence-electron chi connectivity index (χ0n) is 19.1. The standard InChI is InChI=1S/C24H27F2N3O4S/c1-3-28-19-13-18(27-23(30)22-16(25)11-8-12-17(22)26)21(14-20(19)29(4-2)24(28)31)34(32,33)15-9-6-5-7-10-15/h8,11-15H,3-7,9-10H2,1-2H3,(H,27,30). The number of imidazole rings is 1. The molecule has 1 aromatic heterocycles. The van der Waals surface area contributed by atoms with Gasteiger partial charge in [-0.3, -0.25) is 13.9 Å².